The molecule has 1 saturated heterocycles. The van der Waals surface area contributed by atoms with Crippen molar-refractivity contribution in [2.24, 2.45) is 4.99 Å². The second-order valence-electron chi connectivity index (χ2n) is 10.8. The minimum absolute atomic E-state index is 0.149. The standard InChI is InChI=1S/C31H31N5O4/c1-20(33-30(37)39-31(2,3)4)36-15-5-6-27(36)29-34-28(35-40-29)25-12-11-24-17-26(14-13-23(24)16-25)38-19-22-9-7-21(18-32)8-10-22/h7-14,16-17,27H,5-6,15,19H2,1-4H3/b33-20+/t27-/m0/s1. The molecule has 5 rings (SSSR count). The number of carbonyl (C=O) groups is 1. The molecule has 3 aromatic carbocycles. The molecule has 0 spiro atoms. The fourth-order valence-electron chi connectivity index (χ4n) is 4.67. The van der Waals surface area contributed by atoms with E-state index < -0.39 is 11.7 Å². The molecule has 1 aliphatic rings. The lowest BCUT2D eigenvalue weighted by Crippen LogP contribution is -2.30. The molecule has 1 aliphatic heterocycles. The molecule has 1 aromatic heterocycles. The monoisotopic (exact) mass is 537 g/mol. The molecule has 0 N–H and O–H groups in total. The van der Waals surface area contributed by atoms with Crippen molar-refractivity contribution < 1.29 is 18.8 Å². The SMILES string of the molecule is C/C(=N\C(=O)OC(C)(C)C)N1CCC[C@H]1c1nc(-c2ccc3cc(OCc4ccc(C#N)cc4)ccc3c2)no1. The first-order chi connectivity index (χ1) is 19.2. The fourth-order valence-corrected chi connectivity index (χ4v) is 4.67. The van der Waals surface area contributed by atoms with Crippen LogP contribution < -0.4 is 4.74 Å². The lowest BCUT2D eigenvalue weighted by atomic mass is 10.1. The topological polar surface area (TPSA) is 114 Å². The Bertz CT molecular complexity index is 1590. The number of amides is 1. The van der Waals surface area contributed by atoms with Crippen molar-refractivity contribution in [1.29, 1.82) is 5.26 Å². The van der Waals surface area contributed by atoms with Gasteiger partial charge in [-0.25, -0.2) is 4.79 Å². The minimum atomic E-state index is -0.610. The van der Waals surface area contributed by atoms with Gasteiger partial charge in [0, 0.05) is 12.1 Å². The zero-order valence-corrected chi connectivity index (χ0v) is 23.0. The lowest BCUT2D eigenvalue weighted by Gasteiger charge is -2.24. The van der Waals surface area contributed by atoms with E-state index in [0.29, 0.717) is 29.7 Å². The molecule has 2 heterocycles. The number of nitriles is 1. The number of hydrogen-bond donors (Lipinski definition) is 0. The third kappa shape index (κ3) is 6.29. The van der Waals surface area contributed by atoms with Crippen molar-refractivity contribution in [3.05, 3.63) is 77.7 Å². The van der Waals surface area contributed by atoms with E-state index in [-0.39, 0.29) is 6.04 Å². The van der Waals surface area contributed by atoms with Gasteiger partial charge in [-0.3, -0.25) is 0 Å². The third-order valence-electron chi connectivity index (χ3n) is 6.60. The van der Waals surface area contributed by atoms with Gasteiger partial charge in [-0.1, -0.05) is 35.5 Å². The Kier molecular flexibility index (Phi) is 7.52. The highest BCUT2D eigenvalue weighted by Gasteiger charge is 2.32. The summed E-state index contributed by atoms with van der Waals surface area (Å²) in [6.07, 6.45) is 1.14. The van der Waals surface area contributed by atoms with E-state index in [0.717, 1.165) is 47.0 Å². The summed E-state index contributed by atoms with van der Waals surface area (Å²) < 4.78 is 17.0. The number of aromatic nitrogens is 2. The predicted molar refractivity (Wildman–Crippen MR) is 151 cm³/mol. The first kappa shape index (κ1) is 26.9. The second kappa shape index (κ2) is 11.2. The maximum absolute atomic E-state index is 12.2. The van der Waals surface area contributed by atoms with Crippen LogP contribution in [0.3, 0.4) is 0 Å². The van der Waals surface area contributed by atoms with Crippen LogP contribution in [0.5, 0.6) is 5.75 Å². The largest absolute Gasteiger partial charge is 0.489 e. The van der Waals surface area contributed by atoms with E-state index in [2.05, 4.69) is 16.2 Å². The maximum Gasteiger partial charge on any atom is 0.435 e. The molecule has 0 radical (unpaired) electrons. The zero-order valence-electron chi connectivity index (χ0n) is 23.0. The van der Waals surface area contributed by atoms with E-state index >= 15 is 0 Å². The van der Waals surface area contributed by atoms with Crippen molar-refractivity contribution in [2.45, 2.75) is 58.8 Å². The van der Waals surface area contributed by atoms with E-state index in [1.165, 1.54) is 0 Å². The van der Waals surface area contributed by atoms with Crippen molar-refractivity contribution in [2.75, 3.05) is 6.54 Å². The van der Waals surface area contributed by atoms with Crippen LogP contribution in [0.2, 0.25) is 0 Å². The van der Waals surface area contributed by atoms with Crippen LogP contribution in [0.25, 0.3) is 22.2 Å². The second-order valence-corrected chi connectivity index (χ2v) is 10.8. The Hall–Kier alpha value is -4.71. The fraction of sp³-hybridized carbons (Fsp3) is 0.323. The maximum atomic E-state index is 12.2. The molecule has 40 heavy (non-hydrogen) atoms. The predicted octanol–water partition coefficient (Wildman–Crippen LogP) is 6.83. The first-order valence-corrected chi connectivity index (χ1v) is 13.2. The molecule has 0 aliphatic carbocycles. The molecule has 0 saturated carbocycles. The van der Waals surface area contributed by atoms with E-state index in [1.54, 1.807) is 19.1 Å². The summed E-state index contributed by atoms with van der Waals surface area (Å²) in [4.78, 5) is 23.1. The summed E-state index contributed by atoms with van der Waals surface area (Å²) in [5.74, 6) is 2.33. The van der Waals surface area contributed by atoms with E-state index in [4.69, 9.17) is 24.2 Å². The van der Waals surface area contributed by atoms with Gasteiger partial charge in [0.05, 0.1) is 11.6 Å². The molecule has 1 fully saturated rings. The number of ether oxygens (including phenoxy) is 2. The van der Waals surface area contributed by atoms with Gasteiger partial charge >= 0.3 is 6.09 Å². The van der Waals surface area contributed by atoms with E-state index in [1.807, 2.05) is 74.2 Å². The highest BCUT2D eigenvalue weighted by molar-refractivity contribution is 5.90. The molecule has 1 atom stereocenters. The van der Waals surface area contributed by atoms with Gasteiger partial charge in [0.15, 0.2) is 0 Å². The van der Waals surface area contributed by atoms with Crippen molar-refractivity contribution >= 4 is 22.7 Å². The number of rotatable bonds is 5. The lowest BCUT2D eigenvalue weighted by molar-refractivity contribution is 0.0601. The number of benzene rings is 3. The molecule has 9 heteroatoms. The van der Waals surface area contributed by atoms with Crippen LogP contribution in [0.4, 0.5) is 4.79 Å². The molecule has 0 bridgehead atoms. The normalized spacial score (nSPS) is 15.7. The zero-order chi connectivity index (χ0) is 28.3. The van der Waals surface area contributed by atoms with Crippen LogP contribution in [0, 0.1) is 11.3 Å². The highest BCUT2D eigenvalue weighted by Crippen LogP contribution is 2.33. The molecular weight excluding hydrogens is 506 g/mol. The molecule has 0 unspecified atom stereocenters. The average Bonchev–Trinajstić information content (AvgIpc) is 3.61. The number of hydrogen-bond acceptors (Lipinski definition) is 7. The third-order valence-corrected chi connectivity index (χ3v) is 6.60. The van der Waals surface area contributed by atoms with Crippen LogP contribution in [0.15, 0.2) is 70.2 Å². The quantitative estimate of drug-likeness (QED) is 0.201. The molecule has 204 valence electrons. The van der Waals surface area contributed by atoms with Crippen LogP contribution in [-0.4, -0.2) is 39.1 Å². The van der Waals surface area contributed by atoms with Gasteiger partial charge in [0.25, 0.3) is 0 Å². The van der Waals surface area contributed by atoms with Gasteiger partial charge in [0.1, 0.15) is 29.8 Å². The average molecular weight is 538 g/mol. The first-order valence-electron chi connectivity index (χ1n) is 13.2. The van der Waals surface area contributed by atoms with Gasteiger partial charge in [-0.05, 0) is 87.2 Å². The number of fused-ring (bicyclic) bond motifs is 1. The molecule has 9 nitrogen and oxygen atoms in total. The Morgan fingerprint density at radius 1 is 1.12 bits per heavy atom. The Labute approximate surface area is 233 Å². The van der Waals surface area contributed by atoms with E-state index in [9.17, 15) is 4.79 Å². The van der Waals surface area contributed by atoms with Crippen molar-refractivity contribution in [1.82, 2.24) is 15.0 Å². The highest BCUT2D eigenvalue weighted by atomic mass is 16.6. The van der Waals surface area contributed by atoms with Crippen LogP contribution in [-0.2, 0) is 11.3 Å². The summed E-state index contributed by atoms with van der Waals surface area (Å²) in [5, 5.41) is 15.2. The summed E-state index contributed by atoms with van der Waals surface area (Å²) in [7, 11) is 0. The van der Waals surface area contributed by atoms with Gasteiger partial charge < -0.3 is 18.9 Å². The van der Waals surface area contributed by atoms with Crippen molar-refractivity contribution in [3.8, 4) is 23.2 Å². The Balaban J connectivity index is 1.28. The van der Waals surface area contributed by atoms with Crippen molar-refractivity contribution in [3.63, 3.8) is 0 Å². The summed E-state index contributed by atoms with van der Waals surface area (Å²) in [6.45, 7) is 8.39. The van der Waals surface area contributed by atoms with Gasteiger partial charge in [0.2, 0.25) is 11.7 Å². The summed E-state index contributed by atoms with van der Waals surface area (Å²) >= 11 is 0. The van der Waals surface area contributed by atoms with Gasteiger partial charge in [-0.2, -0.15) is 15.2 Å². The number of aliphatic imine (C=N–C) groups is 1. The number of amidine groups is 1. The number of likely N-dealkylation sites (tertiary alicyclic amines) is 1. The van der Waals surface area contributed by atoms with Crippen LogP contribution in [0.1, 0.15) is 63.6 Å². The summed E-state index contributed by atoms with van der Waals surface area (Å²) in [6, 6.07) is 21.2. The molecule has 1 amide bonds. The van der Waals surface area contributed by atoms with Crippen LogP contribution >= 0.6 is 0 Å². The number of carbonyl (C=O) groups excluding carboxylic acids is 1. The summed E-state index contributed by atoms with van der Waals surface area (Å²) in [5.41, 5.74) is 1.86. The minimum Gasteiger partial charge on any atom is -0.489 e. The smallest absolute Gasteiger partial charge is 0.435 e. The molecule has 4 aromatic rings. The Morgan fingerprint density at radius 2 is 1.88 bits per heavy atom. The Morgan fingerprint density at radius 3 is 2.62 bits per heavy atom. The molecular formula is C31H31N5O4. The van der Waals surface area contributed by atoms with Gasteiger partial charge in [-0.15, -0.1) is 0 Å². The number of nitrogens with zero attached hydrogens (tertiary/aromatic N) is 5.